The molecule has 0 amide bonds. The monoisotopic (exact) mass is 183 g/mol. The average Bonchev–Trinajstić information content (AvgIpc) is 2.91. The van der Waals surface area contributed by atoms with Crippen LogP contribution in [0.25, 0.3) is 5.57 Å². The van der Waals surface area contributed by atoms with E-state index in [1.165, 1.54) is 11.1 Å². The number of rotatable bonds is 1. The SMILES string of the molecule is CC1C2C=CC(c3cccnc3)=CC12. The van der Waals surface area contributed by atoms with E-state index in [9.17, 15) is 0 Å². The Hall–Kier alpha value is -1.37. The molecule has 1 aromatic rings. The zero-order valence-corrected chi connectivity index (χ0v) is 8.22. The van der Waals surface area contributed by atoms with Crippen molar-refractivity contribution in [3.63, 3.8) is 0 Å². The van der Waals surface area contributed by atoms with E-state index in [2.05, 4.69) is 36.2 Å². The van der Waals surface area contributed by atoms with E-state index < -0.39 is 0 Å². The van der Waals surface area contributed by atoms with Crippen LogP contribution in [0.4, 0.5) is 0 Å². The standard InChI is InChI=1S/C13H13N/c1-9-12-5-4-10(7-13(9)12)11-3-2-6-14-8-11/h2-9,12-13H,1H3. The van der Waals surface area contributed by atoms with Crippen LogP contribution in [0.1, 0.15) is 12.5 Å². The number of nitrogens with zero attached hydrogens (tertiary/aromatic N) is 1. The lowest BCUT2D eigenvalue weighted by atomic mass is 10.0. The lowest BCUT2D eigenvalue weighted by Gasteiger charge is -2.05. The van der Waals surface area contributed by atoms with Crippen molar-refractivity contribution in [3.8, 4) is 0 Å². The quantitative estimate of drug-likeness (QED) is 0.652. The minimum atomic E-state index is 0.787. The smallest absolute Gasteiger partial charge is 0.0346 e. The highest BCUT2D eigenvalue weighted by Crippen LogP contribution is 2.51. The van der Waals surface area contributed by atoms with Crippen LogP contribution < -0.4 is 0 Å². The maximum absolute atomic E-state index is 4.14. The fourth-order valence-electron chi connectivity index (χ4n) is 2.30. The molecule has 1 heterocycles. The molecule has 0 aromatic carbocycles. The normalized spacial score (nSPS) is 33.5. The van der Waals surface area contributed by atoms with Gasteiger partial charge in [0, 0.05) is 12.4 Å². The van der Waals surface area contributed by atoms with Gasteiger partial charge < -0.3 is 0 Å². The molecule has 1 aromatic heterocycles. The van der Waals surface area contributed by atoms with Crippen molar-refractivity contribution in [1.82, 2.24) is 4.98 Å². The molecule has 1 saturated carbocycles. The predicted octanol–water partition coefficient (Wildman–Crippen LogP) is 2.92. The second-order valence-corrected chi connectivity index (χ2v) is 4.24. The molecule has 3 atom stereocenters. The summed E-state index contributed by atoms with van der Waals surface area (Å²) in [4.78, 5) is 4.14. The number of aromatic nitrogens is 1. The van der Waals surface area contributed by atoms with Crippen molar-refractivity contribution >= 4 is 5.57 Å². The van der Waals surface area contributed by atoms with Crippen LogP contribution in [0.3, 0.4) is 0 Å². The first-order valence-electron chi connectivity index (χ1n) is 5.17. The van der Waals surface area contributed by atoms with Crippen molar-refractivity contribution in [2.75, 3.05) is 0 Å². The molecule has 2 aliphatic carbocycles. The summed E-state index contributed by atoms with van der Waals surface area (Å²) in [5, 5.41) is 0. The van der Waals surface area contributed by atoms with Crippen LogP contribution in [-0.2, 0) is 0 Å². The van der Waals surface area contributed by atoms with Crippen LogP contribution >= 0.6 is 0 Å². The third-order valence-electron chi connectivity index (χ3n) is 3.38. The first-order chi connectivity index (χ1) is 6.86. The molecule has 0 spiro atoms. The lowest BCUT2D eigenvalue weighted by Crippen LogP contribution is -1.88. The lowest BCUT2D eigenvalue weighted by molar-refractivity contribution is 0.885. The van der Waals surface area contributed by atoms with Crippen molar-refractivity contribution in [2.45, 2.75) is 6.92 Å². The summed E-state index contributed by atoms with van der Waals surface area (Å²) in [6.45, 7) is 2.32. The van der Waals surface area contributed by atoms with Gasteiger partial charge in [-0.15, -0.1) is 0 Å². The summed E-state index contributed by atoms with van der Waals surface area (Å²) in [5.74, 6) is 2.45. The van der Waals surface area contributed by atoms with Crippen LogP contribution in [-0.4, -0.2) is 4.98 Å². The summed E-state index contributed by atoms with van der Waals surface area (Å²) in [7, 11) is 0. The Morgan fingerprint density at radius 1 is 1.29 bits per heavy atom. The fourth-order valence-corrected chi connectivity index (χ4v) is 2.30. The van der Waals surface area contributed by atoms with Crippen molar-refractivity contribution in [3.05, 3.63) is 48.3 Å². The van der Waals surface area contributed by atoms with Gasteiger partial charge in [-0.2, -0.15) is 0 Å². The summed E-state index contributed by atoms with van der Waals surface area (Å²) in [6.07, 6.45) is 10.7. The largest absolute Gasteiger partial charge is 0.264 e. The molecular formula is C13H13N. The molecule has 0 saturated heterocycles. The van der Waals surface area contributed by atoms with E-state index in [0.717, 1.165) is 17.8 Å². The van der Waals surface area contributed by atoms with E-state index in [4.69, 9.17) is 0 Å². The van der Waals surface area contributed by atoms with Crippen LogP contribution in [0.5, 0.6) is 0 Å². The summed E-state index contributed by atoms with van der Waals surface area (Å²) in [5.41, 5.74) is 2.57. The van der Waals surface area contributed by atoms with Gasteiger partial charge in [-0.1, -0.05) is 31.2 Å². The summed E-state index contributed by atoms with van der Waals surface area (Å²) in [6, 6.07) is 4.11. The van der Waals surface area contributed by atoms with Crippen molar-refractivity contribution < 1.29 is 0 Å². The molecule has 70 valence electrons. The molecule has 0 bridgehead atoms. The van der Waals surface area contributed by atoms with Gasteiger partial charge in [0.1, 0.15) is 0 Å². The molecule has 2 aliphatic rings. The Morgan fingerprint density at radius 3 is 2.93 bits per heavy atom. The van der Waals surface area contributed by atoms with Gasteiger partial charge in [0.25, 0.3) is 0 Å². The number of hydrogen-bond donors (Lipinski definition) is 0. The predicted molar refractivity (Wildman–Crippen MR) is 57.5 cm³/mol. The van der Waals surface area contributed by atoms with Crippen LogP contribution in [0.2, 0.25) is 0 Å². The summed E-state index contributed by atoms with van der Waals surface area (Å²) < 4.78 is 0. The highest BCUT2D eigenvalue weighted by molar-refractivity contribution is 5.75. The number of fused-ring (bicyclic) bond motifs is 1. The Labute approximate surface area is 84.2 Å². The van der Waals surface area contributed by atoms with E-state index in [1.807, 2.05) is 18.5 Å². The number of hydrogen-bond acceptors (Lipinski definition) is 1. The number of allylic oxidation sites excluding steroid dienone is 4. The molecule has 1 fully saturated rings. The second-order valence-electron chi connectivity index (χ2n) is 4.24. The maximum atomic E-state index is 4.14. The molecule has 3 unspecified atom stereocenters. The van der Waals surface area contributed by atoms with Gasteiger partial charge in [0.05, 0.1) is 0 Å². The van der Waals surface area contributed by atoms with Crippen LogP contribution in [0.15, 0.2) is 42.8 Å². The fraction of sp³-hybridized carbons (Fsp3) is 0.308. The highest BCUT2D eigenvalue weighted by atomic mass is 14.6. The Morgan fingerprint density at radius 2 is 2.21 bits per heavy atom. The Balaban J connectivity index is 1.95. The average molecular weight is 183 g/mol. The third-order valence-corrected chi connectivity index (χ3v) is 3.38. The molecular weight excluding hydrogens is 170 g/mol. The van der Waals surface area contributed by atoms with Crippen molar-refractivity contribution in [2.24, 2.45) is 17.8 Å². The van der Waals surface area contributed by atoms with Gasteiger partial charge in [-0.05, 0) is 35.0 Å². The second kappa shape index (κ2) is 2.81. The van der Waals surface area contributed by atoms with E-state index >= 15 is 0 Å². The molecule has 0 N–H and O–H groups in total. The molecule has 1 heteroatoms. The van der Waals surface area contributed by atoms with Gasteiger partial charge in [-0.3, -0.25) is 4.98 Å². The molecule has 0 radical (unpaired) electrons. The maximum Gasteiger partial charge on any atom is 0.0346 e. The molecule has 14 heavy (non-hydrogen) atoms. The zero-order valence-electron chi connectivity index (χ0n) is 8.22. The topological polar surface area (TPSA) is 12.9 Å². The van der Waals surface area contributed by atoms with Gasteiger partial charge >= 0.3 is 0 Å². The van der Waals surface area contributed by atoms with E-state index in [0.29, 0.717) is 0 Å². The van der Waals surface area contributed by atoms with E-state index in [1.54, 1.807) is 0 Å². The molecule has 1 nitrogen and oxygen atoms in total. The first-order valence-corrected chi connectivity index (χ1v) is 5.17. The Bertz CT molecular complexity index is 403. The molecule has 3 rings (SSSR count). The van der Waals surface area contributed by atoms with Gasteiger partial charge in [-0.25, -0.2) is 0 Å². The Kier molecular flexibility index (Phi) is 1.60. The first kappa shape index (κ1) is 7.98. The zero-order chi connectivity index (χ0) is 9.54. The third kappa shape index (κ3) is 1.12. The van der Waals surface area contributed by atoms with Gasteiger partial charge in [0.2, 0.25) is 0 Å². The minimum absolute atomic E-state index is 0.787. The van der Waals surface area contributed by atoms with E-state index in [-0.39, 0.29) is 0 Å². The number of pyridine rings is 1. The highest BCUT2D eigenvalue weighted by Gasteiger charge is 2.44. The van der Waals surface area contributed by atoms with Crippen molar-refractivity contribution in [1.29, 1.82) is 0 Å². The summed E-state index contributed by atoms with van der Waals surface area (Å²) >= 11 is 0. The minimum Gasteiger partial charge on any atom is -0.264 e. The molecule has 0 aliphatic heterocycles. The van der Waals surface area contributed by atoms with Crippen LogP contribution in [0, 0.1) is 17.8 Å². The van der Waals surface area contributed by atoms with Gasteiger partial charge in [0.15, 0.2) is 0 Å².